The van der Waals surface area contributed by atoms with Crippen LogP contribution >= 0.6 is 0 Å². The summed E-state index contributed by atoms with van der Waals surface area (Å²) >= 11 is 0. The predicted molar refractivity (Wildman–Crippen MR) is 70.2 cm³/mol. The Kier molecular flexibility index (Phi) is 4.98. The smallest absolute Gasteiger partial charge is 0.0471 e. The van der Waals surface area contributed by atoms with E-state index in [0.29, 0.717) is 0 Å². The zero-order valence-corrected chi connectivity index (χ0v) is 10.4. The quantitative estimate of drug-likeness (QED) is 0.786. The van der Waals surface area contributed by atoms with Crippen LogP contribution in [0.25, 0.3) is 0 Å². The number of nitrogens with zero attached hydrogens (tertiary/aromatic N) is 1. The van der Waals surface area contributed by atoms with Crippen LogP contribution < -0.4 is 5.32 Å². The second-order valence-corrected chi connectivity index (χ2v) is 4.64. The molecule has 3 heteroatoms. The second kappa shape index (κ2) is 6.74. The van der Waals surface area contributed by atoms with Crippen LogP contribution in [0.5, 0.6) is 0 Å². The number of nitrogens with one attached hydrogen (secondary N) is 1. The highest BCUT2D eigenvalue weighted by Crippen LogP contribution is 2.07. The van der Waals surface area contributed by atoms with Crippen LogP contribution in [0.4, 0.5) is 0 Å². The van der Waals surface area contributed by atoms with Gasteiger partial charge in [-0.25, -0.2) is 0 Å². The third kappa shape index (κ3) is 4.11. The Morgan fingerprint density at radius 2 is 1.82 bits per heavy atom. The highest BCUT2D eigenvalue weighted by Gasteiger charge is 2.08. The molecule has 1 saturated heterocycles. The number of aliphatic hydroxyl groups excluding tert-OH is 1. The van der Waals surface area contributed by atoms with Crippen molar-refractivity contribution < 1.29 is 5.11 Å². The molecule has 0 radical (unpaired) electrons. The number of hydrogen-bond donors (Lipinski definition) is 2. The maximum atomic E-state index is 8.93. The SMILES string of the molecule is OCCc1cccc(CCN2CCNCC2)c1. The van der Waals surface area contributed by atoms with Crippen molar-refractivity contribution in [2.75, 3.05) is 39.3 Å². The lowest BCUT2D eigenvalue weighted by Gasteiger charge is -2.27. The zero-order chi connectivity index (χ0) is 11.9. The summed E-state index contributed by atoms with van der Waals surface area (Å²) in [4.78, 5) is 2.51. The molecule has 1 aliphatic heterocycles. The molecule has 0 aliphatic carbocycles. The summed E-state index contributed by atoms with van der Waals surface area (Å²) in [7, 11) is 0. The summed E-state index contributed by atoms with van der Waals surface area (Å²) in [6.07, 6.45) is 1.88. The molecule has 0 saturated carbocycles. The van der Waals surface area contributed by atoms with Crippen molar-refractivity contribution in [1.82, 2.24) is 10.2 Å². The lowest BCUT2D eigenvalue weighted by atomic mass is 10.1. The average molecular weight is 234 g/mol. The van der Waals surface area contributed by atoms with Gasteiger partial charge >= 0.3 is 0 Å². The Bertz CT molecular complexity index is 335. The van der Waals surface area contributed by atoms with E-state index in [0.717, 1.165) is 45.6 Å². The monoisotopic (exact) mass is 234 g/mol. The highest BCUT2D eigenvalue weighted by molar-refractivity contribution is 5.23. The first-order valence-electron chi connectivity index (χ1n) is 6.50. The Labute approximate surface area is 103 Å². The summed E-state index contributed by atoms with van der Waals surface area (Å²) in [5, 5.41) is 12.3. The van der Waals surface area contributed by atoms with E-state index in [1.165, 1.54) is 11.1 Å². The summed E-state index contributed by atoms with van der Waals surface area (Å²) in [6.45, 7) is 5.94. The fraction of sp³-hybridized carbons (Fsp3) is 0.571. The Morgan fingerprint density at radius 3 is 2.53 bits per heavy atom. The van der Waals surface area contributed by atoms with Crippen LogP contribution in [-0.2, 0) is 12.8 Å². The topological polar surface area (TPSA) is 35.5 Å². The van der Waals surface area contributed by atoms with Crippen molar-refractivity contribution in [2.24, 2.45) is 0 Å². The second-order valence-electron chi connectivity index (χ2n) is 4.64. The molecule has 0 bridgehead atoms. The van der Waals surface area contributed by atoms with Gasteiger partial charge in [-0.2, -0.15) is 0 Å². The molecule has 1 aromatic rings. The van der Waals surface area contributed by atoms with E-state index >= 15 is 0 Å². The molecule has 3 nitrogen and oxygen atoms in total. The molecule has 0 unspecified atom stereocenters. The van der Waals surface area contributed by atoms with E-state index in [2.05, 4.69) is 34.5 Å². The number of piperazine rings is 1. The zero-order valence-electron chi connectivity index (χ0n) is 10.4. The fourth-order valence-electron chi connectivity index (χ4n) is 2.29. The van der Waals surface area contributed by atoms with E-state index < -0.39 is 0 Å². The minimum atomic E-state index is 0.237. The lowest BCUT2D eigenvalue weighted by Crippen LogP contribution is -2.44. The molecule has 1 aliphatic rings. The van der Waals surface area contributed by atoms with E-state index in [-0.39, 0.29) is 6.61 Å². The van der Waals surface area contributed by atoms with Gasteiger partial charge < -0.3 is 15.3 Å². The van der Waals surface area contributed by atoms with Crippen molar-refractivity contribution in [1.29, 1.82) is 0 Å². The van der Waals surface area contributed by atoms with E-state index in [9.17, 15) is 0 Å². The molecule has 0 amide bonds. The maximum absolute atomic E-state index is 8.93. The van der Waals surface area contributed by atoms with E-state index in [1.807, 2.05) is 0 Å². The van der Waals surface area contributed by atoms with Gasteiger partial charge in [-0.1, -0.05) is 24.3 Å². The third-order valence-electron chi connectivity index (χ3n) is 3.32. The normalized spacial score (nSPS) is 17.2. The van der Waals surface area contributed by atoms with Gasteiger partial charge in [0.15, 0.2) is 0 Å². The molecule has 0 atom stereocenters. The molecule has 1 fully saturated rings. The van der Waals surface area contributed by atoms with Gasteiger partial charge in [0, 0.05) is 39.3 Å². The van der Waals surface area contributed by atoms with Crippen molar-refractivity contribution in [2.45, 2.75) is 12.8 Å². The van der Waals surface area contributed by atoms with Crippen molar-refractivity contribution in [3.63, 3.8) is 0 Å². The molecule has 0 aromatic heterocycles. The van der Waals surface area contributed by atoms with Gasteiger partial charge in [0.25, 0.3) is 0 Å². The Balaban J connectivity index is 1.83. The van der Waals surface area contributed by atoms with Crippen LogP contribution in [0, 0.1) is 0 Å². The summed E-state index contributed by atoms with van der Waals surface area (Å²) in [6, 6.07) is 8.59. The van der Waals surface area contributed by atoms with Crippen LogP contribution in [0.15, 0.2) is 24.3 Å². The summed E-state index contributed by atoms with van der Waals surface area (Å²) < 4.78 is 0. The van der Waals surface area contributed by atoms with Gasteiger partial charge in [0.05, 0.1) is 0 Å². The van der Waals surface area contributed by atoms with Crippen LogP contribution in [0.1, 0.15) is 11.1 Å². The Hall–Kier alpha value is -0.900. The number of benzene rings is 1. The largest absolute Gasteiger partial charge is 0.396 e. The molecule has 0 spiro atoms. The van der Waals surface area contributed by atoms with Crippen LogP contribution in [-0.4, -0.2) is 49.3 Å². The van der Waals surface area contributed by atoms with Gasteiger partial charge in [-0.05, 0) is 24.0 Å². The standard InChI is InChI=1S/C14H22N2O/c17-11-5-14-3-1-2-13(12-14)4-8-16-9-6-15-7-10-16/h1-3,12,15,17H,4-11H2. The van der Waals surface area contributed by atoms with Gasteiger partial charge in [0.1, 0.15) is 0 Å². The number of aliphatic hydroxyl groups is 1. The molecule has 1 heterocycles. The number of rotatable bonds is 5. The summed E-state index contributed by atoms with van der Waals surface area (Å²) in [5.74, 6) is 0. The molecule has 1 aromatic carbocycles. The first-order valence-corrected chi connectivity index (χ1v) is 6.50. The Morgan fingerprint density at radius 1 is 1.12 bits per heavy atom. The maximum Gasteiger partial charge on any atom is 0.0471 e. The highest BCUT2D eigenvalue weighted by atomic mass is 16.2. The molecule has 2 rings (SSSR count). The molecular weight excluding hydrogens is 212 g/mol. The first kappa shape index (κ1) is 12.6. The predicted octanol–water partition coefficient (Wildman–Crippen LogP) is 0.669. The van der Waals surface area contributed by atoms with E-state index in [1.54, 1.807) is 0 Å². The third-order valence-corrected chi connectivity index (χ3v) is 3.32. The van der Waals surface area contributed by atoms with Gasteiger partial charge in [-0.3, -0.25) is 0 Å². The van der Waals surface area contributed by atoms with Gasteiger partial charge in [0.2, 0.25) is 0 Å². The molecular formula is C14H22N2O. The van der Waals surface area contributed by atoms with Crippen molar-refractivity contribution >= 4 is 0 Å². The van der Waals surface area contributed by atoms with Crippen LogP contribution in [0.3, 0.4) is 0 Å². The van der Waals surface area contributed by atoms with E-state index in [4.69, 9.17) is 5.11 Å². The first-order chi connectivity index (χ1) is 8.38. The lowest BCUT2D eigenvalue weighted by molar-refractivity contribution is 0.244. The number of hydrogen-bond acceptors (Lipinski definition) is 3. The minimum Gasteiger partial charge on any atom is -0.396 e. The molecule has 94 valence electrons. The average Bonchev–Trinajstić information content (AvgIpc) is 2.39. The fourth-order valence-corrected chi connectivity index (χ4v) is 2.29. The minimum absolute atomic E-state index is 0.237. The summed E-state index contributed by atoms with van der Waals surface area (Å²) in [5.41, 5.74) is 2.62. The molecule has 2 N–H and O–H groups in total. The van der Waals surface area contributed by atoms with Crippen molar-refractivity contribution in [3.05, 3.63) is 35.4 Å². The molecule has 17 heavy (non-hydrogen) atoms. The van der Waals surface area contributed by atoms with Crippen molar-refractivity contribution in [3.8, 4) is 0 Å². The van der Waals surface area contributed by atoms with Crippen LogP contribution in [0.2, 0.25) is 0 Å². The van der Waals surface area contributed by atoms with Gasteiger partial charge in [-0.15, -0.1) is 0 Å².